The number of nitrogens with one attached hydrogen (secondary N) is 1. The molecule has 1 amide bonds. The van der Waals surface area contributed by atoms with Crippen LogP contribution in [0.1, 0.15) is 40.9 Å². The minimum atomic E-state index is -0.573. The van der Waals surface area contributed by atoms with Gasteiger partial charge in [0.1, 0.15) is 17.8 Å². The van der Waals surface area contributed by atoms with E-state index in [-0.39, 0.29) is 11.9 Å². The van der Waals surface area contributed by atoms with Crippen LogP contribution in [0, 0.1) is 0 Å². The van der Waals surface area contributed by atoms with Crippen LogP contribution in [0.25, 0.3) is 0 Å². The third-order valence-corrected chi connectivity index (χ3v) is 7.90. The fraction of sp³-hybridized carbons (Fsp3) is 0.593. The Labute approximate surface area is 213 Å². The predicted molar refractivity (Wildman–Crippen MR) is 138 cm³/mol. The molecule has 1 aromatic heterocycles. The van der Waals surface area contributed by atoms with Crippen LogP contribution in [0.4, 0.5) is 5.82 Å². The van der Waals surface area contributed by atoms with E-state index in [1.54, 1.807) is 18.1 Å². The van der Waals surface area contributed by atoms with E-state index in [1.165, 1.54) is 17.5 Å². The molecule has 0 radical (unpaired) electrons. The molecule has 2 fully saturated rings. The molecule has 2 aromatic rings. The standard InChI is InChI=1S/C27H38N6O3/c1-36-15-14-31-10-7-22(8-11-31)30-26-16-23(28-19-29-26)27(35)33-13-9-24(25(34)18-33)32-12-6-20-4-2-3-5-21(20)17-32/h2-5,16,19,22,24-25,34H,6-15,17-18H2,1H3,(H,28,29,30). The van der Waals surface area contributed by atoms with E-state index < -0.39 is 6.10 Å². The number of nitrogens with zero attached hydrogens (tertiary/aromatic N) is 5. The number of piperidine rings is 2. The van der Waals surface area contributed by atoms with Crippen LogP contribution < -0.4 is 5.32 Å². The molecule has 4 heterocycles. The van der Waals surface area contributed by atoms with Crippen molar-refractivity contribution in [3.05, 3.63) is 53.5 Å². The smallest absolute Gasteiger partial charge is 0.272 e. The second-order valence-electron chi connectivity index (χ2n) is 10.2. The van der Waals surface area contributed by atoms with E-state index in [9.17, 15) is 9.90 Å². The number of carbonyl (C=O) groups excluding carboxylic acids is 1. The third-order valence-electron chi connectivity index (χ3n) is 7.90. The highest BCUT2D eigenvalue weighted by atomic mass is 16.5. The maximum atomic E-state index is 13.2. The number of fused-ring (bicyclic) bond motifs is 1. The Hall–Kier alpha value is -2.59. The van der Waals surface area contributed by atoms with Gasteiger partial charge >= 0.3 is 0 Å². The first-order valence-electron chi connectivity index (χ1n) is 13.2. The third kappa shape index (κ3) is 5.86. The Kier molecular flexibility index (Phi) is 8.11. The van der Waals surface area contributed by atoms with E-state index in [1.807, 2.05) is 0 Å². The number of methoxy groups -OCH3 is 1. The number of carbonyl (C=O) groups is 1. The van der Waals surface area contributed by atoms with Crippen molar-refractivity contribution in [2.75, 3.05) is 58.3 Å². The molecule has 3 aliphatic heterocycles. The van der Waals surface area contributed by atoms with Crippen LogP contribution in [0.2, 0.25) is 0 Å². The summed E-state index contributed by atoms with van der Waals surface area (Å²) >= 11 is 0. The molecule has 0 spiro atoms. The van der Waals surface area contributed by atoms with E-state index >= 15 is 0 Å². The summed E-state index contributed by atoms with van der Waals surface area (Å²) in [5.41, 5.74) is 3.12. The lowest BCUT2D eigenvalue weighted by Gasteiger charge is -2.43. The van der Waals surface area contributed by atoms with Crippen LogP contribution >= 0.6 is 0 Å². The lowest BCUT2D eigenvalue weighted by Crippen LogP contribution is -2.56. The molecule has 3 aliphatic rings. The molecule has 194 valence electrons. The quantitative estimate of drug-likeness (QED) is 0.600. The zero-order valence-corrected chi connectivity index (χ0v) is 21.2. The number of ether oxygens (including phenoxy) is 1. The van der Waals surface area contributed by atoms with Gasteiger partial charge in [0.05, 0.1) is 12.7 Å². The largest absolute Gasteiger partial charge is 0.390 e. The number of hydrogen-bond acceptors (Lipinski definition) is 8. The van der Waals surface area contributed by atoms with Gasteiger partial charge in [-0.1, -0.05) is 24.3 Å². The highest BCUT2D eigenvalue weighted by Crippen LogP contribution is 2.26. The molecular weight excluding hydrogens is 456 g/mol. The number of benzene rings is 1. The first-order valence-corrected chi connectivity index (χ1v) is 13.2. The summed E-state index contributed by atoms with van der Waals surface area (Å²) in [6, 6.07) is 10.7. The van der Waals surface area contributed by atoms with Gasteiger partial charge in [0.2, 0.25) is 0 Å². The van der Waals surface area contributed by atoms with Gasteiger partial charge in [-0.15, -0.1) is 0 Å². The summed E-state index contributed by atoms with van der Waals surface area (Å²) in [5, 5.41) is 14.5. The van der Waals surface area contributed by atoms with Gasteiger partial charge in [-0.3, -0.25) is 9.69 Å². The van der Waals surface area contributed by atoms with Crippen LogP contribution in [-0.4, -0.2) is 107 Å². The number of rotatable bonds is 7. The van der Waals surface area contributed by atoms with Crippen molar-refractivity contribution in [3.63, 3.8) is 0 Å². The molecule has 0 aliphatic carbocycles. The van der Waals surface area contributed by atoms with Crippen molar-refractivity contribution in [3.8, 4) is 0 Å². The SMILES string of the molecule is COCCN1CCC(Nc2cc(C(=O)N3CCC(N4CCc5ccccc5C4)C(O)C3)ncn2)CC1. The Morgan fingerprint density at radius 1 is 1.11 bits per heavy atom. The van der Waals surface area contributed by atoms with Crippen LogP contribution in [0.15, 0.2) is 36.7 Å². The van der Waals surface area contributed by atoms with Crippen LogP contribution in [-0.2, 0) is 17.7 Å². The second kappa shape index (κ2) is 11.6. The lowest BCUT2D eigenvalue weighted by atomic mass is 9.94. The highest BCUT2D eigenvalue weighted by molar-refractivity contribution is 5.93. The summed E-state index contributed by atoms with van der Waals surface area (Å²) in [5.74, 6) is 0.544. The Bertz CT molecular complexity index is 1030. The average molecular weight is 495 g/mol. The molecule has 9 nitrogen and oxygen atoms in total. The minimum absolute atomic E-state index is 0.0692. The topological polar surface area (TPSA) is 94.1 Å². The number of hydrogen-bond donors (Lipinski definition) is 2. The summed E-state index contributed by atoms with van der Waals surface area (Å²) in [7, 11) is 1.74. The molecule has 9 heteroatoms. The minimum Gasteiger partial charge on any atom is -0.390 e. The monoisotopic (exact) mass is 494 g/mol. The van der Waals surface area contributed by atoms with E-state index in [0.29, 0.717) is 30.6 Å². The van der Waals surface area contributed by atoms with Gasteiger partial charge < -0.3 is 25.0 Å². The number of aliphatic hydroxyl groups excluding tert-OH is 1. The molecule has 0 bridgehead atoms. The summed E-state index contributed by atoms with van der Waals surface area (Å²) in [6.07, 6.45) is 4.70. The first-order chi connectivity index (χ1) is 17.6. The van der Waals surface area contributed by atoms with Gasteiger partial charge in [0, 0.05) is 71.1 Å². The molecule has 5 rings (SSSR count). The second-order valence-corrected chi connectivity index (χ2v) is 10.2. The Balaban J connectivity index is 1.14. The molecule has 2 N–H and O–H groups in total. The molecule has 2 atom stereocenters. The molecule has 0 saturated carbocycles. The predicted octanol–water partition coefficient (Wildman–Crippen LogP) is 1.63. The summed E-state index contributed by atoms with van der Waals surface area (Å²) in [4.78, 5) is 28.4. The van der Waals surface area contributed by atoms with Gasteiger partial charge in [-0.25, -0.2) is 9.97 Å². The average Bonchev–Trinajstić information content (AvgIpc) is 2.92. The highest BCUT2D eigenvalue weighted by Gasteiger charge is 2.35. The van der Waals surface area contributed by atoms with Gasteiger partial charge in [0.15, 0.2) is 0 Å². The van der Waals surface area contributed by atoms with Gasteiger partial charge in [0.25, 0.3) is 5.91 Å². The van der Waals surface area contributed by atoms with Gasteiger partial charge in [-0.2, -0.15) is 0 Å². The number of anilines is 1. The zero-order valence-electron chi connectivity index (χ0n) is 21.2. The number of β-amino-alcohol motifs (C(OH)–C–C–N with tert-alkyl or cyclic N) is 1. The van der Waals surface area contributed by atoms with Crippen molar-refractivity contribution >= 4 is 11.7 Å². The van der Waals surface area contributed by atoms with Crippen molar-refractivity contribution in [2.24, 2.45) is 0 Å². The molecule has 36 heavy (non-hydrogen) atoms. The lowest BCUT2D eigenvalue weighted by molar-refractivity contribution is -0.0139. The number of likely N-dealkylation sites (tertiary alicyclic amines) is 2. The van der Waals surface area contributed by atoms with Crippen molar-refractivity contribution in [1.29, 1.82) is 0 Å². The Morgan fingerprint density at radius 2 is 1.92 bits per heavy atom. The Morgan fingerprint density at radius 3 is 2.69 bits per heavy atom. The molecule has 2 saturated heterocycles. The van der Waals surface area contributed by atoms with E-state index in [0.717, 1.165) is 65.0 Å². The number of aliphatic hydroxyl groups is 1. The van der Waals surface area contributed by atoms with Gasteiger partial charge in [-0.05, 0) is 36.8 Å². The van der Waals surface area contributed by atoms with Crippen LogP contribution in [0.3, 0.4) is 0 Å². The summed E-state index contributed by atoms with van der Waals surface area (Å²) < 4.78 is 5.18. The van der Waals surface area contributed by atoms with E-state index in [2.05, 4.69) is 49.4 Å². The maximum Gasteiger partial charge on any atom is 0.272 e. The van der Waals surface area contributed by atoms with Crippen molar-refractivity contribution in [1.82, 2.24) is 24.7 Å². The fourth-order valence-electron chi connectivity index (χ4n) is 5.78. The number of amides is 1. The van der Waals surface area contributed by atoms with E-state index in [4.69, 9.17) is 4.74 Å². The summed E-state index contributed by atoms with van der Waals surface area (Å²) in [6.45, 7) is 6.51. The zero-order chi connectivity index (χ0) is 24.9. The van der Waals surface area contributed by atoms with Crippen molar-refractivity contribution < 1.29 is 14.6 Å². The van der Waals surface area contributed by atoms with Crippen LogP contribution in [0.5, 0.6) is 0 Å². The number of aromatic nitrogens is 2. The molecular formula is C27H38N6O3. The fourth-order valence-corrected chi connectivity index (χ4v) is 5.78. The molecule has 2 unspecified atom stereocenters. The van der Waals surface area contributed by atoms with Crippen molar-refractivity contribution in [2.45, 2.75) is 50.4 Å². The molecule has 1 aromatic carbocycles. The maximum absolute atomic E-state index is 13.2. The first kappa shape index (κ1) is 25.1. The normalized spacial score (nSPS) is 23.9.